The van der Waals surface area contributed by atoms with Gasteiger partial charge in [-0.25, -0.2) is 14.5 Å². The van der Waals surface area contributed by atoms with Crippen LogP contribution in [0, 0.1) is 5.92 Å². The number of carbonyl (C=O) groups is 3. The number of imide groups is 1. The fourth-order valence-corrected chi connectivity index (χ4v) is 2.73. The second kappa shape index (κ2) is 7.98. The van der Waals surface area contributed by atoms with Gasteiger partial charge in [0.1, 0.15) is 24.4 Å². The number of rotatable bonds is 8. The molecule has 0 aliphatic carbocycles. The van der Waals surface area contributed by atoms with Gasteiger partial charge >= 0.3 is 12.0 Å². The Morgan fingerprint density at radius 1 is 1.32 bits per heavy atom. The molecule has 8 nitrogen and oxygen atoms in total. The average molecular weight is 350 g/mol. The van der Waals surface area contributed by atoms with E-state index in [1.54, 1.807) is 31.2 Å². The van der Waals surface area contributed by atoms with Crippen LogP contribution in [0.2, 0.25) is 0 Å². The number of urea groups is 1. The van der Waals surface area contributed by atoms with Crippen molar-refractivity contribution in [3.05, 3.63) is 29.8 Å². The molecule has 1 heterocycles. The highest BCUT2D eigenvalue weighted by Gasteiger charge is 2.46. The van der Waals surface area contributed by atoms with E-state index in [1.807, 2.05) is 6.92 Å². The predicted molar refractivity (Wildman–Crippen MR) is 88.0 cm³/mol. The number of benzene rings is 1. The summed E-state index contributed by atoms with van der Waals surface area (Å²) in [4.78, 5) is 37.2. The van der Waals surface area contributed by atoms with Crippen LogP contribution < -0.4 is 10.1 Å². The zero-order valence-electron chi connectivity index (χ0n) is 14.1. The van der Waals surface area contributed by atoms with Gasteiger partial charge in [0.15, 0.2) is 0 Å². The van der Waals surface area contributed by atoms with Gasteiger partial charge in [0.2, 0.25) is 0 Å². The Bertz CT molecular complexity index is 645. The zero-order valence-corrected chi connectivity index (χ0v) is 14.1. The largest absolute Gasteiger partial charge is 0.491 e. The van der Waals surface area contributed by atoms with Crippen LogP contribution >= 0.6 is 0 Å². The Morgan fingerprint density at radius 3 is 2.48 bits per heavy atom. The van der Waals surface area contributed by atoms with Crippen molar-refractivity contribution >= 4 is 17.9 Å². The van der Waals surface area contributed by atoms with Crippen molar-refractivity contribution < 1.29 is 29.3 Å². The van der Waals surface area contributed by atoms with Crippen molar-refractivity contribution in [3.8, 4) is 5.75 Å². The lowest BCUT2D eigenvalue weighted by molar-refractivity contribution is -0.148. The number of carboxylic acid groups (broad SMARTS) is 1. The smallest absolute Gasteiger partial charge is 0.327 e. The monoisotopic (exact) mass is 350 g/mol. The number of carbonyl (C=O) groups excluding carboxylic acids is 2. The first-order valence-corrected chi connectivity index (χ1v) is 8.10. The van der Waals surface area contributed by atoms with Gasteiger partial charge in [0, 0.05) is 0 Å². The van der Waals surface area contributed by atoms with E-state index in [0.29, 0.717) is 17.7 Å². The summed E-state index contributed by atoms with van der Waals surface area (Å²) in [5.41, 5.74) is 0.533. The van der Waals surface area contributed by atoms with Crippen LogP contribution in [-0.4, -0.2) is 52.3 Å². The summed E-state index contributed by atoms with van der Waals surface area (Å²) < 4.78 is 5.25. The van der Waals surface area contributed by atoms with Crippen molar-refractivity contribution in [3.63, 3.8) is 0 Å². The van der Waals surface area contributed by atoms with Crippen molar-refractivity contribution in [2.24, 2.45) is 5.92 Å². The number of hydrogen-bond acceptors (Lipinski definition) is 5. The van der Waals surface area contributed by atoms with Gasteiger partial charge in [0.05, 0.1) is 6.61 Å². The Hall–Kier alpha value is -2.61. The molecule has 1 aliphatic heterocycles. The minimum absolute atomic E-state index is 0.111. The summed E-state index contributed by atoms with van der Waals surface area (Å²) in [6, 6.07) is 3.66. The number of ether oxygens (including phenoxy) is 1. The van der Waals surface area contributed by atoms with E-state index in [2.05, 4.69) is 5.32 Å². The third kappa shape index (κ3) is 3.90. The molecule has 0 aromatic heterocycles. The van der Waals surface area contributed by atoms with Gasteiger partial charge in [-0.3, -0.25) is 4.79 Å². The maximum Gasteiger partial charge on any atom is 0.327 e. The first kappa shape index (κ1) is 18.7. The van der Waals surface area contributed by atoms with Gasteiger partial charge in [-0.15, -0.1) is 0 Å². The van der Waals surface area contributed by atoms with E-state index in [1.165, 1.54) is 0 Å². The molecule has 1 saturated heterocycles. The number of aliphatic hydroxyl groups excluding tert-OH is 1. The minimum Gasteiger partial charge on any atom is -0.491 e. The van der Waals surface area contributed by atoms with Crippen LogP contribution in [-0.2, 0) is 9.59 Å². The second-order valence-electron chi connectivity index (χ2n) is 5.90. The highest BCUT2D eigenvalue weighted by Crippen LogP contribution is 2.28. The highest BCUT2D eigenvalue weighted by atomic mass is 16.5. The second-order valence-corrected chi connectivity index (χ2v) is 5.90. The molecular formula is C17H22N2O6. The van der Waals surface area contributed by atoms with E-state index >= 15 is 0 Å². The van der Waals surface area contributed by atoms with E-state index in [-0.39, 0.29) is 19.1 Å². The minimum atomic E-state index is -1.20. The molecule has 8 heteroatoms. The molecule has 3 N–H and O–H groups in total. The molecule has 0 bridgehead atoms. The van der Waals surface area contributed by atoms with Gasteiger partial charge in [-0.05, 0) is 23.6 Å². The molecule has 1 aromatic carbocycles. The van der Waals surface area contributed by atoms with Gasteiger partial charge in [-0.1, -0.05) is 32.4 Å². The zero-order chi connectivity index (χ0) is 18.6. The maximum atomic E-state index is 12.7. The molecule has 1 aliphatic rings. The van der Waals surface area contributed by atoms with Crippen LogP contribution in [0.1, 0.15) is 31.9 Å². The number of hydrogen-bond donors (Lipinski definition) is 3. The Kier molecular flexibility index (Phi) is 5.97. The lowest BCUT2D eigenvalue weighted by Crippen LogP contribution is -2.48. The van der Waals surface area contributed by atoms with E-state index < -0.39 is 30.0 Å². The fourth-order valence-electron chi connectivity index (χ4n) is 2.73. The molecule has 0 spiro atoms. The summed E-state index contributed by atoms with van der Waals surface area (Å²) in [7, 11) is 0. The topological polar surface area (TPSA) is 116 Å². The molecule has 1 aromatic rings. The van der Waals surface area contributed by atoms with Crippen LogP contribution in [0.5, 0.6) is 5.75 Å². The van der Waals surface area contributed by atoms with Gasteiger partial charge < -0.3 is 20.3 Å². The summed E-state index contributed by atoms with van der Waals surface area (Å²) in [5.74, 6) is -1.62. The van der Waals surface area contributed by atoms with Crippen molar-refractivity contribution in [2.75, 3.05) is 13.2 Å². The summed E-state index contributed by atoms with van der Waals surface area (Å²) in [6.07, 6.45) is 0.523. The Morgan fingerprint density at radius 2 is 1.96 bits per heavy atom. The summed E-state index contributed by atoms with van der Waals surface area (Å²) in [6.45, 7) is 3.54. The van der Waals surface area contributed by atoms with Gasteiger partial charge in [-0.2, -0.15) is 0 Å². The van der Waals surface area contributed by atoms with E-state index in [0.717, 1.165) is 4.90 Å². The number of nitrogens with one attached hydrogen (secondary N) is 1. The maximum absolute atomic E-state index is 12.7. The lowest BCUT2D eigenvalue weighted by Gasteiger charge is -2.26. The third-order valence-electron chi connectivity index (χ3n) is 4.26. The summed E-state index contributed by atoms with van der Waals surface area (Å²) in [5, 5.41) is 20.7. The Labute approximate surface area is 145 Å². The molecule has 136 valence electrons. The van der Waals surface area contributed by atoms with Crippen molar-refractivity contribution in [2.45, 2.75) is 32.4 Å². The first-order valence-electron chi connectivity index (χ1n) is 8.10. The fraction of sp³-hybridized carbons (Fsp3) is 0.471. The van der Waals surface area contributed by atoms with Crippen LogP contribution in [0.25, 0.3) is 0 Å². The molecule has 2 rings (SSSR count). The van der Waals surface area contributed by atoms with Gasteiger partial charge in [0.25, 0.3) is 5.91 Å². The number of amides is 3. The molecule has 3 amide bonds. The van der Waals surface area contributed by atoms with Crippen LogP contribution in [0.4, 0.5) is 4.79 Å². The number of nitrogens with zero attached hydrogens (tertiary/aromatic N) is 1. The Balaban J connectivity index is 2.21. The molecule has 25 heavy (non-hydrogen) atoms. The quantitative estimate of drug-likeness (QED) is 0.606. The standard InChI is InChI=1S/C17H22N2O6/c1-3-10(2)14(16(22)23)19-15(21)13(18-17(19)24)11-4-6-12(7-5-11)25-9-8-20/h4-7,10,13-14,20H,3,8-9H2,1-2H3,(H,18,24)(H,22,23)/t10-,13+,14-/m0/s1. The van der Waals surface area contributed by atoms with E-state index in [9.17, 15) is 19.5 Å². The molecule has 0 radical (unpaired) electrons. The van der Waals surface area contributed by atoms with Crippen LogP contribution in [0.3, 0.4) is 0 Å². The number of aliphatic carboxylic acids is 1. The van der Waals surface area contributed by atoms with Crippen LogP contribution in [0.15, 0.2) is 24.3 Å². The average Bonchev–Trinajstić information content (AvgIpc) is 2.88. The SMILES string of the molecule is CC[C@H](C)[C@@H](C(=O)O)N1C(=O)N[C@H](c2ccc(OCCO)cc2)C1=O. The third-order valence-corrected chi connectivity index (χ3v) is 4.26. The normalized spacial score (nSPS) is 19.5. The molecular weight excluding hydrogens is 328 g/mol. The lowest BCUT2D eigenvalue weighted by atomic mass is 9.97. The number of carboxylic acids is 1. The first-order chi connectivity index (χ1) is 11.9. The highest BCUT2D eigenvalue weighted by molar-refractivity contribution is 6.07. The molecule has 0 unspecified atom stereocenters. The van der Waals surface area contributed by atoms with E-state index in [4.69, 9.17) is 9.84 Å². The molecule has 3 atom stereocenters. The molecule has 0 saturated carbocycles. The summed E-state index contributed by atoms with van der Waals surface area (Å²) >= 11 is 0. The van der Waals surface area contributed by atoms with Crippen molar-refractivity contribution in [1.29, 1.82) is 0 Å². The molecule has 1 fully saturated rings. The van der Waals surface area contributed by atoms with Crippen molar-refractivity contribution in [1.82, 2.24) is 10.2 Å². The number of aliphatic hydroxyl groups is 1. The predicted octanol–water partition coefficient (Wildman–Crippen LogP) is 1.15.